The summed E-state index contributed by atoms with van der Waals surface area (Å²) in [5.41, 5.74) is 6.18. The van der Waals surface area contributed by atoms with Crippen molar-refractivity contribution in [2.24, 2.45) is 0 Å². The van der Waals surface area contributed by atoms with Crippen molar-refractivity contribution in [3.05, 3.63) is 18.2 Å². The van der Waals surface area contributed by atoms with Crippen LogP contribution in [0.25, 0.3) is 0 Å². The van der Waals surface area contributed by atoms with Crippen molar-refractivity contribution in [1.29, 1.82) is 0 Å². The summed E-state index contributed by atoms with van der Waals surface area (Å²) in [5.74, 6) is 0.287. The average molecular weight is 284 g/mol. The van der Waals surface area contributed by atoms with Gasteiger partial charge in [-0.3, -0.25) is 9.00 Å². The van der Waals surface area contributed by atoms with Crippen molar-refractivity contribution in [2.45, 2.75) is 18.7 Å². The minimum atomic E-state index is -1.43. The molecule has 0 aliphatic heterocycles. The highest BCUT2D eigenvalue weighted by Gasteiger charge is 2.17. The van der Waals surface area contributed by atoms with Crippen LogP contribution in [0.4, 0.5) is 5.69 Å². The molecule has 1 aromatic rings. The number of benzene rings is 1. The summed E-state index contributed by atoms with van der Waals surface area (Å²) < 4.78 is 17.4. The van der Waals surface area contributed by atoms with E-state index in [2.05, 4.69) is 0 Å². The molecular formula is C13H20N2O3S. The predicted molar refractivity (Wildman–Crippen MR) is 76.6 cm³/mol. The molecule has 0 saturated heterocycles. The van der Waals surface area contributed by atoms with E-state index in [1.165, 1.54) is 7.11 Å². The molecule has 1 amide bonds. The molecule has 1 unspecified atom stereocenters. The van der Waals surface area contributed by atoms with E-state index in [1.807, 2.05) is 13.8 Å². The fraction of sp³-hybridized carbons (Fsp3) is 0.462. The molecule has 2 N–H and O–H groups in total. The van der Waals surface area contributed by atoms with Crippen LogP contribution in [0, 0.1) is 0 Å². The molecule has 0 bridgehead atoms. The number of nitrogens with two attached hydrogens (primary N) is 1. The van der Waals surface area contributed by atoms with E-state index in [4.69, 9.17) is 10.5 Å². The van der Waals surface area contributed by atoms with E-state index in [-0.39, 0.29) is 11.7 Å². The maximum Gasteiger partial charge on any atom is 0.235 e. The van der Waals surface area contributed by atoms with Crippen LogP contribution in [-0.4, -0.2) is 41.0 Å². The van der Waals surface area contributed by atoms with Gasteiger partial charge in [-0.15, -0.1) is 0 Å². The van der Waals surface area contributed by atoms with Gasteiger partial charge in [-0.1, -0.05) is 0 Å². The second kappa shape index (κ2) is 7.13. The fourth-order valence-corrected chi connectivity index (χ4v) is 2.88. The Bertz CT molecular complexity index is 473. The highest BCUT2D eigenvalue weighted by Crippen LogP contribution is 2.24. The van der Waals surface area contributed by atoms with Crippen LogP contribution in [0.5, 0.6) is 5.75 Å². The van der Waals surface area contributed by atoms with Gasteiger partial charge in [0, 0.05) is 24.8 Å². The number of rotatable bonds is 6. The number of methoxy groups -OCH3 is 1. The molecule has 0 fully saturated rings. The summed E-state index contributed by atoms with van der Waals surface area (Å²) in [6.07, 6.45) is 0. The van der Waals surface area contributed by atoms with Gasteiger partial charge in [0.05, 0.1) is 22.8 Å². The number of carbonyl (C=O) groups excluding carboxylic acids is 1. The molecule has 0 radical (unpaired) electrons. The highest BCUT2D eigenvalue weighted by atomic mass is 32.2. The Kier molecular flexibility index (Phi) is 5.82. The SMILES string of the molecule is CCN(CC)C(=O)CS(=O)c1ccc(N)cc1OC. The number of nitrogens with zero attached hydrogens (tertiary/aromatic N) is 1. The number of carbonyl (C=O) groups is 1. The summed E-state index contributed by atoms with van der Waals surface area (Å²) in [6, 6.07) is 4.90. The first-order valence-corrected chi connectivity index (χ1v) is 7.45. The van der Waals surface area contributed by atoms with Gasteiger partial charge >= 0.3 is 0 Å². The van der Waals surface area contributed by atoms with Gasteiger partial charge in [0.2, 0.25) is 5.91 Å². The van der Waals surface area contributed by atoms with Gasteiger partial charge in [0.15, 0.2) is 0 Å². The van der Waals surface area contributed by atoms with Gasteiger partial charge in [0.1, 0.15) is 11.5 Å². The lowest BCUT2D eigenvalue weighted by Gasteiger charge is -2.18. The molecule has 0 heterocycles. The largest absolute Gasteiger partial charge is 0.495 e. The Hall–Kier alpha value is -1.56. The fourth-order valence-electron chi connectivity index (χ4n) is 1.73. The molecule has 106 valence electrons. The number of nitrogen functional groups attached to an aromatic ring is 1. The second-order valence-electron chi connectivity index (χ2n) is 3.97. The first-order valence-electron chi connectivity index (χ1n) is 6.13. The van der Waals surface area contributed by atoms with Crippen LogP contribution in [0.2, 0.25) is 0 Å². The Balaban J connectivity index is 2.87. The smallest absolute Gasteiger partial charge is 0.235 e. The lowest BCUT2D eigenvalue weighted by molar-refractivity contribution is -0.128. The molecule has 1 rings (SSSR count). The van der Waals surface area contributed by atoms with Crippen LogP contribution in [0.1, 0.15) is 13.8 Å². The third-order valence-electron chi connectivity index (χ3n) is 2.80. The summed E-state index contributed by atoms with van der Waals surface area (Å²) in [6.45, 7) is 5.03. The minimum Gasteiger partial charge on any atom is -0.495 e. The first-order chi connectivity index (χ1) is 9.03. The van der Waals surface area contributed by atoms with Crippen molar-refractivity contribution in [3.63, 3.8) is 0 Å². The predicted octanol–water partition coefficient (Wildman–Crippen LogP) is 1.25. The summed E-state index contributed by atoms with van der Waals surface area (Å²) in [7, 11) is 0.0590. The number of anilines is 1. The average Bonchev–Trinajstić information content (AvgIpc) is 2.39. The molecule has 1 atom stereocenters. The number of hydrogen-bond donors (Lipinski definition) is 1. The Labute approximate surface area is 116 Å². The van der Waals surface area contributed by atoms with E-state index in [0.717, 1.165) is 0 Å². The first kappa shape index (κ1) is 15.5. The van der Waals surface area contributed by atoms with Gasteiger partial charge < -0.3 is 15.4 Å². The van der Waals surface area contributed by atoms with Crippen LogP contribution >= 0.6 is 0 Å². The number of hydrogen-bond acceptors (Lipinski definition) is 4. The molecule has 0 spiro atoms. The lowest BCUT2D eigenvalue weighted by Crippen LogP contribution is -2.34. The van der Waals surface area contributed by atoms with E-state index < -0.39 is 10.8 Å². The topological polar surface area (TPSA) is 72.6 Å². The van der Waals surface area contributed by atoms with Crippen molar-refractivity contribution in [3.8, 4) is 5.75 Å². The zero-order valence-electron chi connectivity index (χ0n) is 11.5. The van der Waals surface area contributed by atoms with Crippen LogP contribution in [0.3, 0.4) is 0 Å². The highest BCUT2D eigenvalue weighted by molar-refractivity contribution is 7.85. The standard InChI is InChI=1S/C13H20N2O3S/c1-4-15(5-2)13(16)9-19(17)12-7-6-10(14)8-11(12)18-3/h6-8H,4-5,9,14H2,1-3H3. The third-order valence-corrected chi connectivity index (χ3v) is 4.14. The molecule has 1 aromatic carbocycles. The quantitative estimate of drug-likeness (QED) is 0.798. The van der Waals surface area contributed by atoms with Crippen LogP contribution in [0.15, 0.2) is 23.1 Å². The summed E-state index contributed by atoms with van der Waals surface area (Å²) >= 11 is 0. The maximum atomic E-state index is 12.2. The van der Waals surface area contributed by atoms with E-state index in [0.29, 0.717) is 29.4 Å². The Morgan fingerprint density at radius 1 is 1.37 bits per heavy atom. The molecule has 6 heteroatoms. The van der Waals surface area contributed by atoms with Crippen molar-refractivity contribution in [2.75, 3.05) is 31.7 Å². The lowest BCUT2D eigenvalue weighted by atomic mass is 10.3. The molecule has 19 heavy (non-hydrogen) atoms. The van der Waals surface area contributed by atoms with Crippen LogP contribution < -0.4 is 10.5 Å². The molecule has 0 aliphatic rings. The van der Waals surface area contributed by atoms with Crippen molar-refractivity contribution < 1.29 is 13.7 Å². The normalized spacial score (nSPS) is 11.9. The van der Waals surface area contributed by atoms with Crippen molar-refractivity contribution in [1.82, 2.24) is 4.90 Å². The molecule has 0 aromatic heterocycles. The number of ether oxygens (including phenoxy) is 1. The van der Waals surface area contributed by atoms with Crippen molar-refractivity contribution >= 4 is 22.4 Å². The third kappa shape index (κ3) is 3.96. The minimum absolute atomic E-state index is 0.0397. The van der Waals surface area contributed by atoms with Gasteiger partial charge in [-0.25, -0.2) is 0 Å². The molecule has 5 nitrogen and oxygen atoms in total. The molecular weight excluding hydrogens is 264 g/mol. The number of amides is 1. The molecule has 0 saturated carbocycles. The molecule has 0 aliphatic carbocycles. The van der Waals surface area contributed by atoms with Crippen LogP contribution in [-0.2, 0) is 15.6 Å². The summed E-state index contributed by atoms with van der Waals surface area (Å²) in [4.78, 5) is 14.1. The van der Waals surface area contributed by atoms with Gasteiger partial charge in [-0.05, 0) is 26.0 Å². The summed E-state index contributed by atoms with van der Waals surface area (Å²) in [5, 5.41) is 0. The van der Waals surface area contributed by atoms with E-state index in [1.54, 1.807) is 23.1 Å². The monoisotopic (exact) mass is 284 g/mol. The van der Waals surface area contributed by atoms with E-state index >= 15 is 0 Å². The van der Waals surface area contributed by atoms with Gasteiger partial charge in [0.25, 0.3) is 0 Å². The van der Waals surface area contributed by atoms with E-state index in [9.17, 15) is 9.00 Å². The maximum absolute atomic E-state index is 12.2. The zero-order chi connectivity index (χ0) is 14.4. The second-order valence-corrected chi connectivity index (χ2v) is 5.39. The zero-order valence-corrected chi connectivity index (χ0v) is 12.3. The Morgan fingerprint density at radius 3 is 2.53 bits per heavy atom. The van der Waals surface area contributed by atoms with Gasteiger partial charge in [-0.2, -0.15) is 0 Å². The Morgan fingerprint density at radius 2 is 2.00 bits per heavy atom.